The maximum absolute atomic E-state index is 13.4. The Labute approximate surface area is 125 Å². The average Bonchev–Trinajstić information content (AvgIpc) is 2.41. The first-order valence-electron chi connectivity index (χ1n) is 5.95. The Balaban J connectivity index is 1.86. The Kier molecular flexibility index (Phi) is 5.43. The van der Waals surface area contributed by atoms with Crippen LogP contribution >= 0.6 is 27.7 Å². The second kappa shape index (κ2) is 7.08. The maximum atomic E-state index is 13.4. The van der Waals surface area contributed by atoms with E-state index in [0.29, 0.717) is 17.7 Å². The highest BCUT2D eigenvalue weighted by molar-refractivity contribution is 9.10. The van der Waals surface area contributed by atoms with Crippen molar-refractivity contribution in [3.8, 4) is 0 Å². The van der Waals surface area contributed by atoms with E-state index in [1.165, 1.54) is 6.07 Å². The monoisotopic (exact) mass is 340 g/mol. The standard InChI is InChI=1S/C15H14BrFOS/c16-12-5-7-14(8-6-12)19-10-13(18)9-11-3-1-2-4-15(11)17/h1-8,13,18H,9-10H2. The first-order valence-corrected chi connectivity index (χ1v) is 7.73. The third-order valence-corrected chi connectivity index (χ3v) is 4.36. The largest absolute Gasteiger partial charge is 0.392 e. The number of aliphatic hydroxyl groups excluding tert-OH is 1. The fourth-order valence-corrected chi connectivity index (χ4v) is 2.80. The summed E-state index contributed by atoms with van der Waals surface area (Å²) in [5.41, 5.74) is 0.561. The molecule has 1 unspecified atom stereocenters. The van der Waals surface area contributed by atoms with Gasteiger partial charge in [-0.3, -0.25) is 0 Å². The van der Waals surface area contributed by atoms with Gasteiger partial charge >= 0.3 is 0 Å². The summed E-state index contributed by atoms with van der Waals surface area (Å²) in [6.45, 7) is 0. The van der Waals surface area contributed by atoms with Gasteiger partial charge in [-0.25, -0.2) is 4.39 Å². The normalized spacial score (nSPS) is 12.4. The van der Waals surface area contributed by atoms with Crippen LogP contribution in [0.3, 0.4) is 0 Å². The molecule has 0 radical (unpaired) electrons. The highest BCUT2D eigenvalue weighted by Gasteiger charge is 2.09. The molecule has 2 aromatic rings. The van der Waals surface area contributed by atoms with E-state index in [4.69, 9.17) is 0 Å². The number of benzene rings is 2. The fourth-order valence-electron chi connectivity index (χ4n) is 1.70. The van der Waals surface area contributed by atoms with Gasteiger partial charge < -0.3 is 5.11 Å². The van der Waals surface area contributed by atoms with Crippen molar-refractivity contribution in [2.75, 3.05) is 5.75 Å². The molecule has 1 atom stereocenters. The van der Waals surface area contributed by atoms with Gasteiger partial charge in [0, 0.05) is 21.5 Å². The van der Waals surface area contributed by atoms with Gasteiger partial charge in [0.25, 0.3) is 0 Å². The van der Waals surface area contributed by atoms with Crippen LogP contribution in [0, 0.1) is 5.82 Å². The predicted octanol–water partition coefficient (Wildman–Crippen LogP) is 4.28. The molecule has 0 amide bonds. The van der Waals surface area contributed by atoms with Crippen LogP contribution in [0.2, 0.25) is 0 Å². The first-order chi connectivity index (χ1) is 9.15. The predicted molar refractivity (Wildman–Crippen MR) is 81.0 cm³/mol. The quantitative estimate of drug-likeness (QED) is 0.819. The minimum absolute atomic E-state index is 0.254. The SMILES string of the molecule is OC(CSc1ccc(Br)cc1)Cc1ccccc1F. The van der Waals surface area contributed by atoms with Crippen molar-refractivity contribution >= 4 is 27.7 Å². The number of halogens is 2. The lowest BCUT2D eigenvalue weighted by atomic mass is 10.1. The minimum atomic E-state index is -0.550. The molecule has 1 nitrogen and oxygen atoms in total. The smallest absolute Gasteiger partial charge is 0.126 e. The molecule has 0 bridgehead atoms. The van der Waals surface area contributed by atoms with Crippen molar-refractivity contribution in [3.05, 3.63) is 64.4 Å². The number of hydrogen-bond donors (Lipinski definition) is 1. The number of rotatable bonds is 5. The summed E-state index contributed by atoms with van der Waals surface area (Å²) in [5, 5.41) is 9.95. The van der Waals surface area contributed by atoms with Crippen molar-refractivity contribution in [3.63, 3.8) is 0 Å². The van der Waals surface area contributed by atoms with Gasteiger partial charge in [0.1, 0.15) is 5.82 Å². The molecule has 2 rings (SSSR count). The van der Waals surface area contributed by atoms with Crippen molar-refractivity contribution in [1.82, 2.24) is 0 Å². The Bertz CT molecular complexity index is 530. The van der Waals surface area contributed by atoms with Crippen LogP contribution in [-0.2, 0) is 6.42 Å². The summed E-state index contributed by atoms with van der Waals surface area (Å²) >= 11 is 4.95. The molecule has 0 spiro atoms. The van der Waals surface area contributed by atoms with Crippen LogP contribution in [0.5, 0.6) is 0 Å². The molecule has 19 heavy (non-hydrogen) atoms. The molecule has 0 saturated heterocycles. The van der Waals surface area contributed by atoms with Gasteiger partial charge in [-0.2, -0.15) is 0 Å². The lowest BCUT2D eigenvalue weighted by molar-refractivity contribution is 0.198. The molecular formula is C15H14BrFOS. The van der Waals surface area contributed by atoms with E-state index in [1.54, 1.807) is 30.0 Å². The van der Waals surface area contributed by atoms with Gasteiger partial charge in [0.2, 0.25) is 0 Å². The van der Waals surface area contributed by atoms with E-state index >= 15 is 0 Å². The molecule has 4 heteroatoms. The summed E-state index contributed by atoms with van der Waals surface area (Å²) < 4.78 is 14.5. The molecule has 1 N–H and O–H groups in total. The summed E-state index contributed by atoms with van der Waals surface area (Å²) in [5.74, 6) is 0.297. The van der Waals surface area contributed by atoms with Gasteiger partial charge in [0.15, 0.2) is 0 Å². The molecule has 0 aromatic heterocycles. The molecule has 100 valence electrons. The molecule has 2 aromatic carbocycles. The lowest BCUT2D eigenvalue weighted by Crippen LogP contribution is -2.14. The van der Waals surface area contributed by atoms with E-state index in [0.717, 1.165) is 9.37 Å². The van der Waals surface area contributed by atoms with Gasteiger partial charge in [-0.15, -0.1) is 11.8 Å². The third kappa shape index (κ3) is 4.64. The molecule has 0 heterocycles. The Morgan fingerprint density at radius 2 is 1.79 bits per heavy atom. The van der Waals surface area contributed by atoms with E-state index in [9.17, 15) is 9.50 Å². The molecule has 0 aliphatic rings. The molecule has 0 aliphatic carbocycles. The zero-order valence-electron chi connectivity index (χ0n) is 10.2. The lowest BCUT2D eigenvalue weighted by Gasteiger charge is -2.11. The molecule has 0 aliphatic heterocycles. The first kappa shape index (κ1) is 14.6. The average molecular weight is 341 g/mol. The minimum Gasteiger partial charge on any atom is -0.392 e. The second-order valence-corrected chi connectivity index (χ2v) is 6.22. The highest BCUT2D eigenvalue weighted by atomic mass is 79.9. The third-order valence-electron chi connectivity index (χ3n) is 2.67. The zero-order chi connectivity index (χ0) is 13.7. The molecule has 0 fully saturated rings. The van der Waals surface area contributed by atoms with Crippen LogP contribution < -0.4 is 0 Å². The van der Waals surface area contributed by atoms with Crippen molar-refractivity contribution in [2.45, 2.75) is 17.4 Å². The number of thioether (sulfide) groups is 1. The van der Waals surface area contributed by atoms with Crippen LogP contribution in [0.25, 0.3) is 0 Å². The van der Waals surface area contributed by atoms with E-state index in [2.05, 4.69) is 15.9 Å². The number of aliphatic hydroxyl groups is 1. The van der Waals surface area contributed by atoms with E-state index in [-0.39, 0.29) is 5.82 Å². The summed E-state index contributed by atoms with van der Waals surface area (Å²) in [4.78, 5) is 1.09. The fraction of sp³-hybridized carbons (Fsp3) is 0.200. The Hall–Kier alpha value is -0.840. The highest BCUT2D eigenvalue weighted by Crippen LogP contribution is 2.22. The van der Waals surface area contributed by atoms with Crippen molar-refractivity contribution < 1.29 is 9.50 Å². The van der Waals surface area contributed by atoms with Crippen LogP contribution in [0.1, 0.15) is 5.56 Å². The van der Waals surface area contributed by atoms with Gasteiger partial charge in [0.05, 0.1) is 6.10 Å². The summed E-state index contributed by atoms with van der Waals surface area (Å²) in [6.07, 6.45) is -0.207. The number of hydrogen-bond acceptors (Lipinski definition) is 2. The van der Waals surface area contributed by atoms with E-state index in [1.807, 2.05) is 24.3 Å². The Morgan fingerprint density at radius 1 is 1.11 bits per heavy atom. The van der Waals surface area contributed by atoms with Crippen molar-refractivity contribution in [2.24, 2.45) is 0 Å². The summed E-state index contributed by atoms with van der Waals surface area (Å²) in [7, 11) is 0. The maximum Gasteiger partial charge on any atom is 0.126 e. The summed E-state index contributed by atoms with van der Waals surface area (Å²) in [6, 6.07) is 14.5. The Morgan fingerprint density at radius 3 is 2.47 bits per heavy atom. The van der Waals surface area contributed by atoms with Crippen LogP contribution in [0.15, 0.2) is 57.9 Å². The van der Waals surface area contributed by atoms with Crippen LogP contribution in [-0.4, -0.2) is 17.0 Å². The van der Waals surface area contributed by atoms with E-state index < -0.39 is 6.10 Å². The molecule has 0 saturated carbocycles. The molecular weight excluding hydrogens is 327 g/mol. The second-order valence-electron chi connectivity index (χ2n) is 4.21. The van der Waals surface area contributed by atoms with Crippen molar-refractivity contribution in [1.29, 1.82) is 0 Å². The topological polar surface area (TPSA) is 20.2 Å². The van der Waals surface area contributed by atoms with Gasteiger partial charge in [-0.05, 0) is 35.9 Å². The zero-order valence-corrected chi connectivity index (χ0v) is 12.6. The van der Waals surface area contributed by atoms with Gasteiger partial charge in [-0.1, -0.05) is 34.1 Å². The van der Waals surface area contributed by atoms with Crippen LogP contribution in [0.4, 0.5) is 4.39 Å².